The fourth-order valence-electron chi connectivity index (χ4n) is 2.75. The molecule has 7 heteroatoms. The summed E-state index contributed by atoms with van der Waals surface area (Å²) < 4.78 is 18.5. The van der Waals surface area contributed by atoms with Crippen molar-refractivity contribution in [2.75, 3.05) is 11.9 Å². The molecular weight excluding hydrogens is 359 g/mol. The first kappa shape index (κ1) is 17.7. The van der Waals surface area contributed by atoms with Crippen LogP contribution in [-0.4, -0.2) is 27.5 Å². The molecule has 0 spiro atoms. The van der Waals surface area contributed by atoms with Crippen molar-refractivity contribution in [1.29, 1.82) is 0 Å². The second kappa shape index (κ2) is 7.48. The van der Waals surface area contributed by atoms with Gasteiger partial charge in [-0.2, -0.15) is 4.80 Å². The number of hydrogen-bond donors (Lipinski definition) is 1. The van der Waals surface area contributed by atoms with Gasteiger partial charge in [0.05, 0.1) is 12.3 Å². The molecule has 0 fully saturated rings. The SMILES string of the molecule is CCOc1ccc(C(=O)Nc2ccc3nn(-c4ccc(F)cc4)nc3c2)cc1. The molecule has 1 heterocycles. The molecule has 1 amide bonds. The maximum absolute atomic E-state index is 13.1. The zero-order valence-corrected chi connectivity index (χ0v) is 15.1. The number of carbonyl (C=O) groups is 1. The van der Waals surface area contributed by atoms with E-state index in [0.29, 0.717) is 34.6 Å². The molecule has 6 nitrogen and oxygen atoms in total. The molecule has 0 saturated heterocycles. The quantitative estimate of drug-likeness (QED) is 0.566. The van der Waals surface area contributed by atoms with Crippen LogP contribution in [0.1, 0.15) is 17.3 Å². The molecule has 0 aliphatic rings. The summed E-state index contributed by atoms with van der Waals surface area (Å²) in [6, 6.07) is 18.1. The second-order valence-electron chi connectivity index (χ2n) is 6.08. The molecule has 28 heavy (non-hydrogen) atoms. The fraction of sp³-hybridized carbons (Fsp3) is 0.0952. The van der Waals surface area contributed by atoms with Gasteiger partial charge in [-0.1, -0.05) is 0 Å². The lowest BCUT2D eigenvalue weighted by Crippen LogP contribution is -2.11. The molecule has 140 valence electrons. The Balaban J connectivity index is 1.54. The van der Waals surface area contributed by atoms with E-state index in [1.807, 2.05) is 6.92 Å². The van der Waals surface area contributed by atoms with Gasteiger partial charge in [-0.25, -0.2) is 4.39 Å². The Morgan fingerprint density at radius 3 is 2.43 bits per heavy atom. The van der Waals surface area contributed by atoms with E-state index < -0.39 is 0 Å². The van der Waals surface area contributed by atoms with Crippen LogP contribution < -0.4 is 10.1 Å². The van der Waals surface area contributed by atoms with Gasteiger partial charge in [-0.15, -0.1) is 10.2 Å². The first-order valence-corrected chi connectivity index (χ1v) is 8.79. The van der Waals surface area contributed by atoms with E-state index in [1.165, 1.54) is 16.9 Å². The molecule has 1 N–H and O–H groups in total. The predicted molar refractivity (Wildman–Crippen MR) is 104 cm³/mol. The topological polar surface area (TPSA) is 69.0 Å². The highest BCUT2D eigenvalue weighted by molar-refractivity contribution is 6.05. The van der Waals surface area contributed by atoms with Crippen molar-refractivity contribution in [3.8, 4) is 11.4 Å². The fourth-order valence-corrected chi connectivity index (χ4v) is 2.75. The number of anilines is 1. The van der Waals surface area contributed by atoms with Crippen LogP contribution in [0.15, 0.2) is 66.7 Å². The summed E-state index contributed by atoms with van der Waals surface area (Å²) >= 11 is 0. The van der Waals surface area contributed by atoms with Crippen LogP contribution in [0.5, 0.6) is 5.75 Å². The first-order chi connectivity index (χ1) is 13.6. The van der Waals surface area contributed by atoms with E-state index in [4.69, 9.17) is 4.74 Å². The van der Waals surface area contributed by atoms with E-state index in [0.717, 1.165) is 5.75 Å². The molecule has 0 aliphatic carbocycles. The van der Waals surface area contributed by atoms with Crippen LogP contribution in [-0.2, 0) is 0 Å². The zero-order chi connectivity index (χ0) is 19.5. The molecular formula is C21H17FN4O2. The van der Waals surface area contributed by atoms with Gasteiger partial charge in [0, 0.05) is 11.3 Å². The molecule has 0 aliphatic heterocycles. The van der Waals surface area contributed by atoms with Gasteiger partial charge in [-0.05, 0) is 73.7 Å². The van der Waals surface area contributed by atoms with Crippen molar-refractivity contribution in [1.82, 2.24) is 15.0 Å². The van der Waals surface area contributed by atoms with Crippen molar-refractivity contribution in [3.05, 3.63) is 78.1 Å². The number of halogens is 1. The lowest BCUT2D eigenvalue weighted by atomic mass is 10.2. The van der Waals surface area contributed by atoms with Crippen LogP contribution >= 0.6 is 0 Å². The number of ether oxygens (including phenoxy) is 1. The van der Waals surface area contributed by atoms with Crippen LogP contribution in [0.3, 0.4) is 0 Å². The first-order valence-electron chi connectivity index (χ1n) is 8.79. The third-order valence-electron chi connectivity index (χ3n) is 4.12. The summed E-state index contributed by atoms with van der Waals surface area (Å²) in [5.74, 6) is 0.172. The number of fused-ring (bicyclic) bond motifs is 1. The maximum atomic E-state index is 13.1. The van der Waals surface area contributed by atoms with E-state index in [2.05, 4.69) is 15.5 Å². The minimum absolute atomic E-state index is 0.228. The largest absolute Gasteiger partial charge is 0.494 e. The number of carbonyl (C=O) groups excluding carboxylic acids is 1. The zero-order valence-electron chi connectivity index (χ0n) is 15.1. The number of aromatic nitrogens is 3. The smallest absolute Gasteiger partial charge is 0.255 e. The number of amides is 1. The Morgan fingerprint density at radius 1 is 1.00 bits per heavy atom. The van der Waals surface area contributed by atoms with Gasteiger partial charge in [0.25, 0.3) is 5.91 Å². The molecule has 0 atom stereocenters. The molecule has 0 saturated carbocycles. The van der Waals surface area contributed by atoms with Crippen LogP contribution in [0.4, 0.5) is 10.1 Å². The van der Waals surface area contributed by atoms with E-state index in [-0.39, 0.29) is 11.7 Å². The molecule has 4 aromatic rings. The summed E-state index contributed by atoms with van der Waals surface area (Å²) in [7, 11) is 0. The normalized spacial score (nSPS) is 10.8. The van der Waals surface area contributed by atoms with E-state index in [1.54, 1.807) is 54.6 Å². The van der Waals surface area contributed by atoms with Crippen LogP contribution in [0.25, 0.3) is 16.7 Å². The van der Waals surface area contributed by atoms with Gasteiger partial charge in [0.15, 0.2) is 0 Å². The maximum Gasteiger partial charge on any atom is 0.255 e. The number of hydrogen-bond acceptors (Lipinski definition) is 4. The van der Waals surface area contributed by atoms with Gasteiger partial charge in [0.1, 0.15) is 22.6 Å². The summed E-state index contributed by atoms with van der Waals surface area (Å²) in [5, 5.41) is 11.6. The molecule has 4 rings (SSSR count). The summed E-state index contributed by atoms with van der Waals surface area (Å²) in [6.07, 6.45) is 0. The lowest BCUT2D eigenvalue weighted by Gasteiger charge is -2.06. The Morgan fingerprint density at radius 2 is 1.71 bits per heavy atom. The van der Waals surface area contributed by atoms with Crippen molar-refractivity contribution >= 4 is 22.6 Å². The third-order valence-corrected chi connectivity index (χ3v) is 4.12. The van der Waals surface area contributed by atoms with Crippen molar-refractivity contribution in [2.24, 2.45) is 0 Å². The van der Waals surface area contributed by atoms with Gasteiger partial charge in [-0.3, -0.25) is 4.79 Å². The predicted octanol–water partition coefficient (Wildman–Crippen LogP) is 4.21. The van der Waals surface area contributed by atoms with Gasteiger partial charge < -0.3 is 10.1 Å². The van der Waals surface area contributed by atoms with Crippen LogP contribution in [0.2, 0.25) is 0 Å². The van der Waals surface area contributed by atoms with Crippen molar-refractivity contribution in [2.45, 2.75) is 6.92 Å². The van der Waals surface area contributed by atoms with Crippen LogP contribution in [0, 0.1) is 5.82 Å². The standard InChI is InChI=1S/C21H17FN4O2/c1-2-28-18-10-3-14(4-11-18)21(27)23-16-7-12-19-20(13-16)25-26(24-19)17-8-5-15(22)6-9-17/h3-13H,2H2,1H3,(H,23,27). The molecule has 3 aromatic carbocycles. The summed E-state index contributed by atoms with van der Waals surface area (Å²) in [4.78, 5) is 13.9. The van der Waals surface area contributed by atoms with Crippen molar-refractivity contribution in [3.63, 3.8) is 0 Å². The van der Waals surface area contributed by atoms with Gasteiger partial charge in [0.2, 0.25) is 0 Å². The Kier molecular flexibility index (Phi) is 4.72. The summed E-state index contributed by atoms with van der Waals surface area (Å²) in [5.41, 5.74) is 3.07. The number of benzene rings is 3. The molecule has 0 unspecified atom stereocenters. The molecule has 1 aromatic heterocycles. The highest BCUT2D eigenvalue weighted by Gasteiger charge is 2.09. The van der Waals surface area contributed by atoms with Gasteiger partial charge >= 0.3 is 0 Å². The average molecular weight is 376 g/mol. The number of nitrogens with zero attached hydrogens (tertiary/aromatic N) is 3. The third kappa shape index (κ3) is 3.68. The van der Waals surface area contributed by atoms with E-state index in [9.17, 15) is 9.18 Å². The molecule has 0 bridgehead atoms. The molecule has 0 radical (unpaired) electrons. The second-order valence-corrected chi connectivity index (χ2v) is 6.08. The van der Waals surface area contributed by atoms with E-state index >= 15 is 0 Å². The highest BCUT2D eigenvalue weighted by Crippen LogP contribution is 2.19. The number of nitrogens with one attached hydrogen (secondary N) is 1. The van der Waals surface area contributed by atoms with Crippen molar-refractivity contribution < 1.29 is 13.9 Å². The Labute approximate surface area is 160 Å². The minimum atomic E-state index is -0.320. The highest BCUT2D eigenvalue weighted by atomic mass is 19.1. The Hall–Kier alpha value is -3.74. The lowest BCUT2D eigenvalue weighted by molar-refractivity contribution is 0.102. The average Bonchev–Trinajstić information content (AvgIpc) is 3.12. The monoisotopic (exact) mass is 376 g/mol. The minimum Gasteiger partial charge on any atom is -0.494 e. The Bertz CT molecular complexity index is 1120. The summed E-state index contributed by atoms with van der Waals surface area (Å²) in [6.45, 7) is 2.48. The number of rotatable bonds is 5.